The molecule has 0 fully saturated rings. The van der Waals surface area contributed by atoms with E-state index in [0.717, 1.165) is 23.5 Å². The van der Waals surface area contributed by atoms with Crippen molar-refractivity contribution in [2.45, 2.75) is 6.42 Å². The highest BCUT2D eigenvalue weighted by atomic mass is 16.7. The second-order valence-corrected chi connectivity index (χ2v) is 5.28. The van der Waals surface area contributed by atoms with E-state index in [1.165, 1.54) is 6.20 Å². The Balaban J connectivity index is 1.47. The van der Waals surface area contributed by atoms with Crippen LogP contribution in [-0.4, -0.2) is 33.1 Å². The molecule has 0 saturated carbocycles. The molecular weight excluding hydrogens is 298 g/mol. The Morgan fingerprint density at radius 1 is 1.35 bits per heavy atom. The van der Waals surface area contributed by atoms with Gasteiger partial charge in [-0.05, 0) is 24.1 Å². The van der Waals surface area contributed by atoms with Gasteiger partial charge in [0.25, 0.3) is 5.56 Å². The normalized spacial score (nSPS) is 12.7. The number of fused-ring (bicyclic) bond motifs is 2. The Kier molecular flexibility index (Phi) is 3.14. The molecule has 23 heavy (non-hydrogen) atoms. The summed E-state index contributed by atoms with van der Waals surface area (Å²) in [7, 11) is 1.76. The molecule has 3 aromatic rings. The van der Waals surface area contributed by atoms with E-state index in [4.69, 9.17) is 9.47 Å². The Labute approximate surface area is 131 Å². The molecule has 8 nitrogen and oxygen atoms in total. The number of ether oxygens (including phenoxy) is 2. The van der Waals surface area contributed by atoms with Crippen LogP contribution >= 0.6 is 0 Å². The van der Waals surface area contributed by atoms with E-state index in [-0.39, 0.29) is 12.4 Å². The van der Waals surface area contributed by atoms with Crippen molar-refractivity contribution in [3.63, 3.8) is 0 Å². The first kappa shape index (κ1) is 13.6. The van der Waals surface area contributed by atoms with Crippen molar-refractivity contribution >= 4 is 17.0 Å². The van der Waals surface area contributed by atoms with Crippen LogP contribution in [-0.2, 0) is 13.5 Å². The molecule has 118 valence electrons. The number of hydrogen-bond acceptors (Lipinski definition) is 6. The van der Waals surface area contributed by atoms with E-state index >= 15 is 0 Å². The molecule has 0 bridgehead atoms. The maximum atomic E-state index is 12.0. The number of anilines is 1. The van der Waals surface area contributed by atoms with Gasteiger partial charge in [0.1, 0.15) is 5.39 Å². The van der Waals surface area contributed by atoms with Crippen LogP contribution in [0.2, 0.25) is 0 Å². The molecule has 2 aromatic heterocycles. The second kappa shape index (κ2) is 5.31. The number of hydrogen-bond donors (Lipinski definition) is 2. The van der Waals surface area contributed by atoms with Crippen molar-refractivity contribution in [2.24, 2.45) is 7.05 Å². The predicted molar refractivity (Wildman–Crippen MR) is 83.9 cm³/mol. The second-order valence-electron chi connectivity index (χ2n) is 5.28. The van der Waals surface area contributed by atoms with Crippen LogP contribution in [0, 0.1) is 0 Å². The highest BCUT2D eigenvalue weighted by molar-refractivity contribution is 5.74. The summed E-state index contributed by atoms with van der Waals surface area (Å²) in [4.78, 5) is 19.0. The lowest BCUT2D eigenvalue weighted by atomic mass is 10.1. The first-order valence-corrected chi connectivity index (χ1v) is 7.25. The van der Waals surface area contributed by atoms with Gasteiger partial charge in [0.2, 0.25) is 12.7 Å². The minimum atomic E-state index is -0.200. The molecule has 0 amide bonds. The van der Waals surface area contributed by atoms with E-state index < -0.39 is 0 Å². The predicted octanol–water partition coefficient (Wildman–Crippen LogP) is 1.04. The molecule has 0 unspecified atom stereocenters. The molecular formula is C15H15N5O3. The third kappa shape index (κ3) is 2.48. The highest BCUT2D eigenvalue weighted by Crippen LogP contribution is 2.32. The number of rotatable bonds is 4. The smallest absolute Gasteiger partial charge is 0.263 e. The number of H-pyrrole nitrogens is 1. The van der Waals surface area contributed by atoms with Gasteiger partial charge < -0.3 is 14.8 Å². The highest BCUT2D eigenvalue weighted by Gasteiger charge is 2.13. The fourth-order valence-corrected chi connectivity index (χ4v) is 2.54. The summed E-state index contributed by atoms with van der Waals surface area (Å²) in [6, 6.07) is 5.86. The minimum absolute atomic E-state index is 0.200. The summed E-state index contributed by atoms with van der Waals surface area (Å²) in [5.41, 5.74) is 1.47. The van der Waals surface area contributed by atoms with E-state index in [9.17, 15) is 4.79 Å². The quantitative estimate of drug-likeness (QED) is 0.747. The number of nitrogens with one attached hydrogen (secondary N) is 2. The molecule has 1 aliphatic rings. The van der Waals surface area contributed by atoms with Crippen molar-refractivity contribution in [3.05, 3.63) is 40.3 Å². The summed E-state index contributed by atoms with van der Waals surface area (Å²) >= 11 is 0. The largest absolute Gasteiger partial charge is 0.454 e. The Morgan fingerprint density at radius 3 is 3.13 bits per heavy atom. The van der Waals surface area contributed by atoms with Crippen LogP contribution in [0.3, 0.4) is 0 Å². The summed E-state index contributed by atoms with van der Waals surface area (Å²) in [5.74, 6) is 1.98. The topological polar surface area (TPSA) is 94.1 Å². The van der Waals surface area contributed by atoms with Crippen molar-refractivity contribution in [1.29, 1.82) is 0 Å². The van der Waals surface area contributed by atoms with Crippen molar-refractivity contribution in [2.75, 3.05) is 18.7 Å². The van der Waals surface area contributed by atoms with Crippen molar-refractivity contribution in [3.8, 4) is 11.5 Å². The third-order valence-electron chi connectivity index (χ3n) is 3.74. The standard InChI is InChI=1S/C15H15N5O3/c1-20-13-10(7-17-20)14(21)19-15(18-13)16-5-4-9-2-3-11-12(6-9)23-8-22-11/h2-3,6-7H,4-5,8H2,1H3,(H2,16,18,19,21). The molecule has 1 aromatic carbocycles. The maximum absolute atomic E-state index is 12.0. The SMILES string of the molecule is Cn1ncc2c(=O)[nH]c(NCCc3ccc4c(c3)OCO4)nc21. The summed E-state index contributed by atoms with van der Waals surface area (Å²) < 4.78 is 12.2. The van der Waals surface area contributed by atoms with Crippen LogP contribution in [0.15, 0.2) is 29.2 Å². The first-order valence-electron chi connectivity index (χ1n) is 7.25. The van der Waals surface area contributed by atoms with Gasteiger partial charge in [0.05, 0.1) is 6.20 Å². The van der Waals surface area contributed by atoms with Crippen LogP contribution in [0.4, 0.5) is 5.95 Å². The number of aromatic nitrogens is 4. The molecule has 0 saturated heterocycles. The monoisotopic (exact) mass is 313 g/mol. The summed E-state index contributed by atoms with van der Waals surface area (Å²) in [5, 5.41) is 7.65. The zero-order chi connectivity index (χ0) is 15.8. The molecule has 0 spiro atoms. The number of nitrogens with zero attached hydrogens (tertiary/aromatic N) is 3. The molecule has 0 aliphatic carbocycles. The van der Waals surface area contributed by atoms with Gasteiger partial charge in [0, 0.05) is 13.6 Å². The minimum Gasteiger partial charge on any atom is -0.454 e. The fraction of sp³-hybridized carbons (Fsp3) is 0.267. The number of aromatic amines is 1. The van der Waals surface area contributed by atoms with Crippen LogP contribution in [0.25, 0.3) is 11.0 Å². The average Bonchev–Trinajstić information content (AvgIpc) is 3.14. The number of aryl methyl sites for hydroxylation is 1. The van der Waals surface area contributed by atoms with Crippen LogP contribution in [0.1, 0.15) is 5.56 Å². The molecule has 8 heteroatoms. The zero-order valence-corrected chi connectivity index (χ0v) is 12.5. The Bertz CT molecular complexity index is 930. The lowest BCUT2D eigenvalue weighted by Crippen LogP contribution is -2.15. The van der Waals surface area contributed by atoms with Gasteiger partial charge in [0.15, 0.2) is 17.1 Å². The van der Waals surface area contributed by atoms with Crippen LogP contribution < -0.4 is 20.3 Å². The van der Waals surface area contributed by atoms with E-state index in [2.05, 4.69) is 20.4 Å². The van der Waals surface area contributed by atoms with Gasteiger partial charge in [-0.3, -0.25) is 14.5 Å². The van der Waals surface area contributed by atoms with Crippen molar-refractivity contribution < 1.29 is 9.47 Å². The number of benzene rings is 1. The molecule has 0 radical (unpaired) electrons. The fourth-order valence-electron chi connectivity index (χ4n) is 2.54. The third-order valence-corrected chi connectivity index (χ3v) is 3.74. The van der Waals surface area contributed by atoms with Gasteiger partial charge in [-0.15, -0.1) is 0 Å². The average molecular weight is 313 g/mol. The van der Waals surface area contributed by atoms with Gasteiger partial charge in [-0.25, -0.2) is 0 Å². The molecule has 3 heterocycles. The molecule has 2 N–H and O–H groups in total. The summed E-state index contributed by atoms with van der Waals surface area (Å²) in [6.07, 6.45) is 2.28. The molecule has 1 aliphatic heterocycles. The Morgan fingerprint density at radius 2 is 2.22 bits per heavy atom. The van der Waals surface area contributed by atoms with Crippen molar-refractivity contribution in [1.82, 2.24) is 19.7 Å². The zero-order valence-electron chi connectivity index (χ0n) is 12.5. The van der Waals surface area contributed by atoms with E-state index in [0.29, 0.717) is 23.5 Å². The van der Waals surface area contributed by atoms with Gasteiger partial charge >= 0.3 is 0 Å². The van der Waals surface area contributed by atoms with E-state index in [1.54, 1.807) is 11.7 Å². The Hall–Kier alpha value is -3.03. The van der Waals surface area contributed by atoms with Gasteiger partial charge in [-0.2, -0.15) is 10.1 Å². The maximum Gasteiger partial charge on any atom is 0.263 e. The lowest BCUT2D eigenvalue weighted by molar-refractivity contribution is 0.174. The molecule has 4 rings (SSSR count). The van der Waals surface area contributed by atoms with Gasteiger partial charge in [-0.1, -0.05) is 6.07 Å². The lowest BCUT2D eigenvalue weighted by Gasteiger charge is -2.06. The first-order chi connectivity index (χ1) is 11.2. The summed E-state index contributed by atoms with van der Waals surface area (Å²) in [6.45, 7) is 0.902. The van der Waals surface area contributed by atoms with E-state index in [1.807, 2.05) is 18.2 Å². The van der Waals surface area contributed by atoms with Crippen LogP contribution in [0.5, 0.6) is 11.5 Å². The molecule has 0 atom stereocenters.